The van der Waals surface area contributed by atoms with Gasteiger partial charge in [0.1, 0.15) is 0 Å². The van der Waals surface area contributed by atoms with Crippen molar-refractivity contribution < 1.29 is 0 Å². The van der Waals surface area contributed by atoms with E-state index < -0.39 is 0 Å². The minimum absolute atomic E-state index is 1.26. The fourth-order valence-corrected chi connectivity index (χ4v) is 8.06. The van der Waals surface area contributed by atoms with Crippen molar-refractivity contribution in [1.82, 2.24) is 0 Å². The standard InChI is InChI=1S/C40H24S/c1-2-11-26-24-27(21-20-25(26)10-1)38-31-13-3-5-15-33(31)39(34-16-6-4-14-32(34)38)30-17-9-18-35-28(30)22-23-36-29-12-7-8-19-37(29)41-40(35)36/h1-24H. The summed E-state index contributed by atoms with van der Waals surface area (Å²) >= 11 is 1.90. The van der Waals surface area contributed by atoms with E-state index in [0.29, 0.717) is 0 Å². The third-order valence-corrected chi connectivity index (χ3v) is 9.86. The van der Waals surface area contributed by atoms with Crippen molar-refractivity contribution in [1.29, 1.82) is 0 Å². The lowest BCUT2D eigenvalue weighted by molar-refractivity contribution is 1.69. The highest BCUT2D eigenvalue weighted by atomic mass is 32.1. The van der Waals surface area contributed by atoms with E-state index in [4.69, 9.17) is 0 Å². The molecule has 0 amide bonds. The minimum Gasteiger partial charge on any atom is -0.135 e. The Morgan fingerprint density at radius 2 is 0.902 bits per heavy atom. The van der Waals surface area contributed by atoms with Crippen molar-refractivity contribution in [3.63, 3.8) is 0 Å². The fraction of sp³-hybridized carbons (Fsp3) is 0. The molecule has 0 nitrogen and oxygen atoms in total. The third-order valence-electron chi connectivity index (χ3n) is 8.64. The summed E-state index contributed by atoms with van der Waals surface area (Å²) in [6.07, 6.45) is 0. The first-order chi connectivity index (χ1) is 20.3. The summed E-state index contributed by atoms with van der Waals surface area (Å²) in [5.41, 5.74) is 5.16. The Morgan fingerprint density at radius 1 is 0.341 bits per heavy atom. The molecule has 0 radical (unpaired) electrons. The molecule has 0 bridgehead atoms. The second-order valence-corrected chi connectivity index (χ2v) is 11.9. The van der Waals surface area contributed by atoms with Crippen LogP contribution in [0.25, 0.3) is 85.5 Å². The summed E-state index contributed by atoms with van der Waals surface area (Å²) in [6.45, 7) is 0. The van der Waals surface area contributed by atoms with Crippen LogP contribution in [0.3, 0.4) is 0 Å². The van der Waals surface area contributed by atoms with E-state index >= 15 is 0 Å². The highest BCUT2D eigenvalue weighted by Crippen LogP contribution is 2.47. The van der Waals surface area contributed by atoms with E-state index in [2.05, 4.69) is 146 Å². The molecule has 0 fully saturated rings. The molecule has 41 heavy (non-hydrogen) atoms. The Labute approximate surface area is 241 Å². The predicted molar refractivity (Wildman–Crippen MR) is 180 cm³/mol. The number of rotatable bonds is 2. The van der Waals surface area contributed by atoms with Crippen molar-refractivity contribution in [2.24, 2.45) is 0 Å². The molecular formula is C40H24S. The molecule has 0 unspecified atom stereocenters. The van der Waals surface area contributed by atoms with Gasteiger partial charge >= 0.3 is 0 Å². The normalized spacial score (nSPS) is 11.9. The second kappa shape index (κ2) is 8.76. The average Bonchev–Trinajstić information content (AvgIpc) is 3.42. The van der Waals surface area contributed by atoms with Gasteiger partial charge in [-0.25, -0.2) is 0 Å². The molecule has 0 spiro atoms. The topological polar surface area (TPSA) is 0 Å². The molecule has 0 N–H and O–H groups in total. The van der Waals surface area contributed by atoms with E-state index in [1.54, 1.807) is 0 Å². The Morgan fingerprint density at radius 3 is 1.66 bits per heavy atom. The van der Waals surface area contributed by atoms with Crippen molar-refractivity contribution in [3.8, 4) is 22.3 Å². The SMILES string of the molecule is c1ccc2cc(-c3c4ccccc4c(-c4cccc5c4ccc4c6ccccc6sc54)c4ccccc34)ccc2c1. The number of hydrogen-bond acceptors (Lipinski definition) is 1. The molecule has 8 aromatic carbocycles. The van der Waals surface area contributed by atoms with Crippen LogP contribution in [0.5, 0.6) is 0 Å². The lowest BCUT2D eigenvalue weighted by atomic mass is 9.84. The Kier molecular flexibility index (Phi) is 4.87. The van der Waals surface area contributed by atoms with Crippen LogP contribution in [0.2, 0.25) is 0 Å². The maximum atomic E-state index is 2.35. The third kappa shape index (κ3) is 3.33. The lowest BCUT2D eigenvalue weighted by Gasteiger charge is -2.19. The second-order valence-electron chi connectivity index (χ2n) is 10.8. The van der Waals surface area contributed by atoms with Crippen LogP contribution in [0.15, 0.2) is 146 Å². The van der Waals surface area contributed by atoms with Gasteiger partial charge in [-0.1, -0.05) is 133 Å². The molecule has 0 aliphatic heterocycles. The summed E-state index contributed by atoms with van der Waals surface area (Å²) in [6, 6.07) is 53.7. The van der Waals surface area contributed by atoms with Crippen LogP contribution in [0, 0.1) is 0 Å². The van der Waals surface area contributed by atoms with Crippen LogP contribution in [-0.4, -0.2) is 0 Å². The molecule has 0 aliphatic carbocycles. The number of fused-ring (bicyclic) bond motifs is 8. The van der Waals surface area contributed by atoms with Gasteiger partial charge in [-0.2, -0.15) is 0 Å². The maximum absolute atomic E-state index is 2.35. The largest absolute Gasteiger partial charge is 0.135 e. The van der Waals surface area contributed by atoms with E-state index in [-0.39, 0.29) is 0 Å². The van der Waals surface area contributed by atoms with Crippen molar-refractivity contribution in [3.05, 3.63) is 146 Å². The summed E-state index contributed by atoms with van der Waals surface area (Å²) in [5.74, 6) is 0. The van der Waals surface area contributed by atoms with Crippen LogP contribution in [0.4, 0.5) is 0 Å². The first kappa shape index (κ1) is 22.8. The fourth-order valence-electron chi connectivity index (χ4n) is 6.83. The van der Waals surface area contributed by atoms with Gasteiger partial charge in [0, 0.05) is 25.6 Å². The highest BCUT2D eigenvalue weighted by molar-refractivity contribution is 7.26. The zero-order chi connectivity index (χ0) is 26.9. The summed E-state index contributed by atoms with van der Waals surface area (Å²) < 4.78 is 2.71. The first-order valence-corrected chi connectivity index (χ1v) is 14.9. The van der Waals surface area contributed by atoms with Crippen molar-refractivity contribution >= 4 is 74.6 Å². The van der Waals surface area contributed by atoms with Crippen LogP contribution >= 0.6 is 11.3 Å². The zero-order valence-corrected chi connectivity index (χ0v) is 23.1. The van der Waals surface area contributed by atoms with Crippen LogP contribution in [-0.2, 0) is 0 Å². The van der Waals surface area contributed by atoms with Crippen molar-refractivity contribution in [2.45, 2.75) is 0 Å². The van der Waals surface area contributed by atoms with Gasteiger partial charge in [0.25, 0.3) is 0 Å². The highest BCUT2D eigenvalue weighted by Gasteiger charge is 2.19. The maximum Gasteiger partial charge on any atom is 0.0434 e. The van der Waals surface area contributed by atoms with Gasteiger partial charge in [0.15, 0.2) is 0 Å². The molecule has 0 atom stereocenters. The Balaban J connectivity index is 1.41. The van der Waals surface area contributed by atoms with E-state index in [0.717, 1.165) is 0 Å². The van der Waals surface area contributed by atoms with E-state index in [9.17, 15) is 0 Å². The predicted octanol–water partition coefficient (Wildman–Crippen LogP) is 12.0. The van der Waals surface area contributed by atoms with E-state index in [1.807, 2.05) is 11.3 Å². The van der Waals surface area contributed by atoms with E-state index in [1.165, 1.54) is 85.5 Å². The van der Waals surface area contributed by atoms with Gasteiger partial charge in [0.05, 0.1) is 0 Å². The molecular weight excluding hydrogens is 513 g/mol. The van der Waals surface area contributed by atoms with Gasteiger partial charge in [0.2, 0.25) is 0 Å². The minimum atomic E-state index is 1.26. The molecule has 0 saturated heterocycles. The zero-order valence-electron chi connectivity index (χ0n) is 22.3. The monoisotopic (exact) mass is 536 g/mol. The van der Waals surface area contributed by atoms with Gasteiger partial charge in [-0.15, -0.1) is 11.3 Å². The average molecular weight is 537 g/mol. The first-order valence-electron chi connectivity index (χ1n) is 14.1. The number of hydrogen-bond donors (Lipinski definition) is 0. The molecule has 0 saturated carbocycles. The van der Waals surface area contributed by atoms with Gasteiger partial charge in [-0.3, -0.25) is 0 Å². The van der Waals surface area contributed by atoms with Crippen LogP contribution < -0.4 is 0 Å². The molecule has 1 heterocycles. The molecule has 0 aliphatic rings. The number of benzene rings is 8. The van der Waals surface area contributed by atoms with Crippen LogP contribution in [0.1, 0.15) is 0 Å². The van der Waals surface area contributed by atoms with Gasteiger partial charge < -0.3 is 0 Å². The summed E-state index contributed by atoms with van der Waals surface area (Å²) in [7, 11) is 0. The molecule has 190 valence electrons. The molecule has 9 aromatic rings. The molecule has 1 heteroatoms. The molecule has 9 rings (SSSR count). The lowest BCUT2D eigenvalue weighted by Crippen LogP contribution is -1.91. The van der Waals surface area contributed by atoms with Crippen molar-refractivity contribution in [2.75, 3.05) is 0 Å². The Bertz CT molecular complexity index is 2420. The number of thiophene rings is 1. The summed E-state index contributed by atoms with van der Waals surface area (Å²) in [4.78, 5) is 0. The smallest absolute Gasteiger partial charge is 0.0434 e. The quantitative estimate of drug-likeness (QED) is 0.193. The van der Waals surface area contributed by atoms with Gasteiger partial charge in [-0.05, 0) is 72.1 Å². The Hall–Kier alpha value is -4.98. The molecule has 1 aromatic heterocycles. The summed E-state index contributed by atoms with van der Waals surface area (Å²) in [5, 5.41) is 13.0.